The predicted octanol–water partition coefficient (Wildman–Crippen LogP) is 4.04. The standard InChI is InChI=1S/C19H34N2O/c1-13-8-6-4-3-5-7-9-16(14(13)2)15-10-11-18-17(12-15)19(22)21-20-18/h13-18,20H,3-12H2,1-2H3,(H,21,22). The number of amides is 1. The van der Waals surface area contributed by atoms with Gasteiger partial charge in [-0.3, -0.25) is 10.2 Å². The summed E-state index contributed by atoms with van der Waals surface area (Å²) in [6.45, 7) is 4.96. The molecule has 2 saturated carbocycles. The second-order valence-electron chi connectivity index (χ2n) is 8.27. The molecule has 3 nitrogen and oxygen atoms in total. The maximum absolute atomic E-state index is 12.0. The minimum Gasteiger partial charge on any atom is -0.291 e. The summed E-state index contributed by atoms with van der Waals surface area (Å²) in [6.07, 6.45) is 13.5. The lowest BCUT2D eigenvalue weighted by Gasteiger charge is -2.40. The molecule has 0 bridgehead atoms. The van der Waals surface area contributed by atoms with Crippen LogP contribution in [0.15, 0.2) is 0 Å². The normalized spacial score (nSPS) is 44.2. The van der Waals surface area contributed by atoms with Crippen molar-refractivity contribution in [1.29, 1.82) is 0 Å². The SMILES string of the molecule is CC1CCCCCCCC(C2CCC3NNC(=O)C3C2)C1C. The average molecular weight is 306 g/mol. The van der Waals surface area contributed by atoms with Crippen molar-refractivity contribution >= 4 is 5.91 Å². The molecule has 22 heavy (non-hydrogen) atoms. The van der Waals surface area contributed by atoms with Gasteiger partial charge in [0.25, 0.3) is 0 Å². The van der Waals surface area contributed by atoms with Crippen LogP contribution in [0.1, 0.15) is 78.1 Å². The van der Waals surface area contributed by atoms with E-state index in [1.165, 1.54) is 57.8 Å². The van der Waals surface area contributed by atoms with Crippen molar-refractivity contribution in [3.05, 3.63) is 0 Å². The highest BCUT2D eigenvalue weighted by Gasteiger charge is 2.42. The van der Waals surface area contributed by atoms with E-state index in [9.17, 15) is 4.79 Å². The lowest BCUT2D eigenvalue weighted by Crippen LogP contribution is -2.38. The van der Waals surface area contributed by atoms with E-state index in [0.717, 1.165) is 30.1 Å². The molecule has 1 saturated heterocycles. The first-order valence-electron chi connectivity index (χ1n) is 9.72. The van der Waals surface area contributed by atoms with Crippen molar-refractivity contribution in [2.45, 2.75) is 84.1 Å². The van der Waals surface area contributed by atoms with E-state index in [0.29, 0.717) is 6.04 Å². The van der Waals surface area contributed by atoms with Gasteiger partial charge in [0.15, 0.2) is 0 Å². The van der Waals surface area contributed by atoms with Crippen LogP contribution in [0.2, 0.25) is 0 Å². The van der Waals surface area contributed by atoms with Crippen LogP contribution in [0.4, 0.5) is 0 Å². The van der Waals surface area contributed by atoms with Crippen LogP contribution in [0.25, 0.3) is 0 Å². The van der Waals surface area contributed by atoms with Gasteiger partial charge in [-0.25, -0.2) is 5.43 Å². The zero-order valence-corrected chi connectivity index (χ0v) is 14.4. The number of fused-ring (bicyclic) bond motifs is 1. The minimum atomic E-state index is 0.233. The Balaban J connectivity index is 1.67. The molecule has 2 N–H and O–H groups in total. The van der Waals surface area contributed by atoms with Gasteiger partial charge in [0, 0.05) is 6.04 Å². The number of rotatable bonds is 1. The highest BCUT2D eigenvalue weighted by Crippen LogP contribution is 2.43. The molecular weight excluding hydrogens is 272 g/mol. The van der Waals surface area contributed by atoms with E-state index >= 15 is 0 Å². The van der Waals surface area contributed by atoms with Crippen LogP contribution in [0.5, 0.6) is 0 Å². The molecule has 2 aliphatic carbocycles. The lowest BCUT2D eigenvalue weighted by molar-refractivity contribution is -0.124. The summed E-state index contributed by atoms with van der Waals surface area (Å²) in [6, 6.07) is 0.399. The summed E-state index contributed by atoms with van der Waals surface area (Å²) in [5.74, 6) is 3.74. The Morgan fingerprint density at radius 1 is 0.909 bits per heavy atom. The van der Waals surface area contributed by atoms with Crippen molar-refractivity contribution < 1.29 is 4.79 Å². The first-order valence-corrected chi connectivity index (χ1v) is 9.72. The van der Waals surface area contributed by atoms with Gasteiger partial charge in [-0.15, -0.1) is 0 Å². The Kier molecular flexibility index (Phi) is 5.43. The Hall–Kier alpha value is -0.570. The van der Waals surface area contributed by atoms with Crippen LogP contribution in [0.3, 0.4) is 0 Å². The number of nitrogens with one attached hydrogen (secondary N) is 2. The zero-order valence-electron chi connectivity index (χ0n) is 14.4. The fraction of sp³-hybridized carbons (Fsp3) is 0.947. The van der Waals surface area contributed by atoms with Gasteiger partial charge in [-0.05, 0) is 49.4 Å². The molecular formula is C19H34N2O. The Morgan fingerprint density at radius 3 is 2.45 bits per heavy atom. The van der Waals surface area contributed by atoms with Crippen LogP contribution in [-0.2, 0) is 4.79 Å². The van der Waals surface area contributed by atoms with E-state index in [-0.39, 0.29) is 11.8 Å². The predicted molar refractivity (Wildman–Crippen MR) is 90.0 cm³/mol. The summed E-state index contributed by atoms with van der Waals surface area (Å²) >= 11 is 0. The number of carbonyl (C=O) groups is 1. The van der Waals surface area contributed by atoms with E-state index in [2.05, 4.69) is 24.7 Å². The Bertz CT molecular complexity index is 384. The first kappa shape index (κ1) is 16.3. The van der Waals surface area contributed by atoms with Gasteiger partial charge in [0.05, 0.1) is 5.92 Å². The Morgan fingerprint density at radius 2 is 1.64 bits per heavy atom. The lowest BCUT2D eigenvalue weighted by atomic mass is 9.65. The third kappa shape index (κ3) is 3.50. The van der Waals surface area contributed by atoms with E-state index in [4.69, 9.17) is 0 Å². The van der Waals surface area contributed by atoms with Crippen molar-refractivity contribution in [3.8, 4) is 0 Å². The molecule has 0 aromatic heterocycles. The van der Waals surface area contributed by atoms with Gasteiger partial charge >= 0.3 is 0 Å². The summed E-state index contributed by atoms with van der Waals surface area (Å²) < 4.78 is 0. The van der Waals surface area contributed by atoms with E-state index in [1.54, 1.807) is 0 Å². The van der Waals surface area contributed by atoms with Crippen LogP contribution < -0.4 is 10.9 Å². The minimum absolute atomic E-state index is 0.233. The van der Waals surface area contributed by atoms with Crippen LogP contribution >= 0.6 is 0 Å². The molecule has 0 aromatic carbocycles. The number of hydrazine groups is 1. The van der Waals surface area contributed by atoms with Crippen LogP contribution in [-0.4, -0.2) is 11.9 Å². The second-order valence-corrected chi connectivity index (χ2v) is 8.27. The third-order valence-electron chi connectivity index (χ3n) is 6.98. The maximum Gasteiger partial charge on any atom is 0.238 e. The van der Waals surface area contributed by atoms with Crippen molar-refractivity contribution in [2.75, 3.05) is 0 Å². The fourth-order valence-electron chi connectivity index (χ4n) is 5.30. The van der Waals surface area contributed by atoms with Gasteiger partial charge in [0.1, 0.15) is 0 Å². The first-order chi connectivity index (χ1) is 10.7. The zero-order chi connectivity index (χ0) is 15.5. The summed E-state index contributed by atoms with van der Waals surface area (Å²) in [7, 11) is 0. The highest BCUT2D eigenvalue weighted by molar-refractivity contribution is 5.81. The number of carbonyl (C=O) groups excluding carboxylic acids is 1. The summed E-state index contributed by atoms with van der Waals surface area (Å²) in [5, 5.41) is 0. The molecule has 1 aliphatic heterocycles. The molecule has 126 valence electrons. The number of hydrogen-bond acceptors (Lipinski definition) is 2. The van der Waals surface area contributed by atoms with E-state index in [1.807, 2.05) is 0 Å². The monoisotopic (exact) mass is 306 g/mol. The molecule has 0 radical (unpaired) electrons. The topological polar surface area (TPSA) is 41.1 Å². The Labute approximate surface area is 136 Å². The molecule has 3 rings (SSSR count). The average Bonchev–Trinajstić information content (AvgIpc) is 2.90. The molecule has 1 amide bonds. The molecule has 0 spiro atoms. The summed E-state index contributed by atoms with van der Waals surface area (Å²) in [5.41, 5.74) is 6.05. The summed E-state index contributed by atoms with van der Waals surface area (Å²) in [4.78, 5) is 12.0. The molecule has 0 aromatic rings. The van der Waals surface area contributed by atoms with Crippen LogP contribution in [0, 0.1) is 29.6 Å². The highest BCUT2D eigenvalue weighted by atomic mass is 16.2. The molecule has 3 fully saturated rings. The number of hydrogen-bond donors (Lipinski definition) is 2. The maximum atomic E-state index is 12.0. The quantitative estimate of drug-likeness (QED) is 0.767. The van der Waals surface area contributed by atoms with Gasteiger partial charge in [0.2, 0.25) is 5.91 Å². The molecule has 6 atom stereocenters. The fourth-order valence-corrected chi connectivity index (χ4v) is 5.30. The molecule has 1 heterocycles. The van der Waals surface area contributed by atoms with Gasteiger partial charge < -0.3 is 0 Å². The van der Waals surface area contributed by atoms with Crippen molar-refractivity contribution in [3.63, 3.8) is 0 Å². The third-order valence-corrected chi connectivity index (χ3v) is 6.98. The largest absolute Gasteiger partial charge is 0.291 e. The smallest absolute Gasteiger partial charge is 0.238 e. The molecule has 6 unspecified atom stereocenters. The van der Waals surface area contributed by atoms with E-state index < -0.39 is 0 Å². The van der Waals surface area contributed by atoms with Crippen molar-refractivity contribution in [2.24, 2.45) is 29.6 Å². The van der Waals surface area contributed by atoms with Crippen molar-refractivity contribution in [1.82, 2.24) is 10.9 Å². The molecule has 3 heteroatoms. The van der Waals surface area contributed by atoms with Gasteiger partial charge in [-0.1, -0.05) is 52.4 Å². The van der Waals surface area contributed by atoms with Gasteiger partial charge in [-0.2, -0.15) is 0 Å². The second kappa shape index (κ2) is 7.33. The molecule has 3 aliphatic rings.